The summed E-state index contributed by atoms with van der Waals surface area (Å²) in [6.07, 6.45) is 0. The number of urea groups is 1. The van der Waals surface area contributed by atoms with E-state index >= 15 is 0 Å². The zero-order valence-corrected chi connectivity index (χ0v) is 17.2. The summed E-state index contributed by atoms with van der Waals surface area (Å²) in [6, 6.07) is 4.06. The first-order chi connectivity index (χ1) is 13.7. The first kappa shape index (κ1) is 20.8. The number of nitrogens with one attached hydrogen (secondary N) is 2. The maximum atomic E-state index is 13.8. The first-order valence-electron chi connectivity index (χ1n) is 9.89. The minimum absolute atomic E-state index is 0.164. The molecule has 4 amide bonds. The van der Waals surface area contributed by atoms with Gasteiger partial charge < -0.3 is 15.5 Å². The molecule has 0 spiro atoms. The number of benzene rings is 1. The van der Waals surface area contributed by atoms with E-state index in [1.54, 1.807) is 19.1 Å². The van der Waals surface area contributed by atoms with E-state index < -0.39 is 17.9 Å². The average molecular weight is 402 g/mol. The minimum Gasteiger partial charge on any atom is -0.354 e. The SMILES string of the molecule is CCN1C(=O)N[C@H](c2cccc(F)c2)C2=C1CN([C@H](C)C(=O)NCC(C)C)C2=O. The van der Waals surface area contributed by atoms with Crippen LogP contribution >= 0.6 is 0 Å². The lowest BCUT2D eigenvalue weighted by atomic mass is 9.95. The monoisotopic (exact) mass is 402 g/mol. The van der Waals surface area contributed by atoms with Crippen molar-refractivity contribution in [1.29, 1.82) is 0 Å². The number of hydrogen-bond acceptors (Lipinski definition) is 3. The maximum Gasteiger partial charge on any atom is 0.322 e. The highest BCUT2D eigenvalue weighted by atomic mass is 19.1. The number of carbonyl (C=O) groups excluding carboxylic acids is 3. The predicted molar refractivity (Wildman–Crippen MR) is 106 cm³/mol. The Bertz CT molecular complexity index is 867. The zero-order chi connectivity index (χ0) is 21.3. The van der Waals surface area contributed by atoms with Crippen molar-refractivity contribution >= 4 is 17.8 Å². The zero-order valence-electron chi connectivity index (χ0n) is 17.2. The predicted octanol–water partition coefficient (Wildman–Crippen LogP) is 2.17. The Labute approximate surface area is 169 Å². The average Bonchev–Trinajstić information content (AvgIpc) is 3.02. The molecule has 2 N–H and O–H groups in total. The highest BCUT2D eigenvalue weighted by Gasteiger charge is 2.45. The molecular weight excluding hydrogens is 375 g/mol. The Hall–Kier alpha value is -2.90. The minimum atomic E-state index is -0.751. The van der Waals surface area contributed by atoms with Crippen molar-refractivity contribution in [3.8, 4) is 0 Å². The smallest absolute Gasteiger partial charge is 0.322 e. The molecule has 2 aliphatic rings. The summed E-state index contributed by atoms with van der Waals surface area (Å²) in [5, 5.41) is 5.65. The van der Waals surface area contributed by atoms with E-state index in [-0.39, 0.29) is 24.4 Å². The van der Waals surface area contributed by atoms with Crippen LogP contribution in [0.1, 0.15) is 39.3 Å². The molecule has 7 nitrogen and oxygen atoms in total. The van der Waals surface area contributed by atoms with E-state index in [1.165, 1.54) is 21.9 Å². The number of likely N-dealkylation sites (N-methyl/N-ethyl adjacent to an activating group) is 1. The molecule has 0 bridgehead atoms. The highest BCUT2D eigenvalue weighted by Crippen LogP contribution is 2.37. The lowest BCUT2D eigenvalue weighted by molar-refractivity contribution is -0.135. The molecule has 3 rings (SSSR count). The van der Waals surface area contributed by atoms with Gasteiger partial charge in [0.25, 0.3) is 5.91 Å². The summed E-state index contributed by atoms with van der Waals surface area (Å²) in [5.41, 5.74) is 1.45. The van der Waals surface area contributed by atoms with Gasteiger partial charge in [0.1, 0.15) is 11.9 Å². The molecule has 0 aromatic heterocycles. The van der Waals surface area contributed by atoms with E-state index in [2.05, 4.69) is 10.6 Å². The van der Waals surface area contributed by atoms with Crippen LogP contribution in [0.15, 0.2) is 35.5 Å². The van der Waals surface area contributed by atoms with Crippen molar-refractivity contribution in [3.63, 3.8) is 0 Å². The molecule has 0 fully saturated rings. The number of nitrogens with zero attached hydrogens (tertiary/aromatic N) is 2. The van der Waals surface area contributed by atoms with Crippen molar-refractivity contribution in [3.05, 3.63) is 46.9 Å². The summed E-state index contributed by atoms with van der Waals surface area (Å²) in [5.74, 6) is -0.710. The molecule has 0 radical (unpaired) electrons. The fourth-order valence-corrected chi connectivity index (χ4v) is 3.69. The van der Waals surface area contributed by atoms with E-state index in [0.29, 0.717) is 35.8 Å². The van der Waals surface area contributed by atoms with Crippen LogP contribution in [0.4, 0.5) is 9.18 Å². The highest BCUT2D eigenvalue weighted by molar-refractivity contribution is 6.03. The summed E-state index contributed by atoms with van der Waals surface area (Å²) in [4.78, 5) is 41.4. The molecule has 0 aliphatic carbocycles. The molecule has 2 aliphatic heterocycles. The topological polar surface area (TPSA) is 81.8 Å². The molecule has 0 saturated heterocycles. The summed E-state index contributed by atoms with van der Waals surface area (Å²) in [6.45, 7) is 8.55. The Balaban J connectivity index is 1.92. The number of carbonyl (C=O) groups is 3. The van der Waals surface area contributed by atoms with E-state index in [4.69, 9.17) is 0 Å². The van der Waals surface area contributed by atoms with Gasteiger partial charge in [0, 0.05) is 13.1 Å². The van der Waals surface area contributed by atoms with Crippen LogP contribution in [-0.4, -0.2) is 53.3 Å². The summed E-state index contributed by atoms with van der Waals surface area (Å²) >= 11 is 0. The summed E-state index contributed by atoms with van der Waals surface area (Å²) < 4.78 is 13.8. The van der Waals surface area contributed by atoms with E-state index in [0.717, 1.165) is 0 Å². The van der Waals surface area contributed by atoms with E-state index in [1.807, 2.05) is 20.8 Å². The van der Waals surface area contributed by atoms with Gasteiger partial charge in [-0.2, -0.15) is 0 Å². The van der Waals surface area contributed by atoms with Crippen LogP contribution in [0.3, 0.4) is 0 Å². The third-order valence-corrected chi connectivity index (χ3v) is 5.28. The third-order valence-electron chi connectivity index (χ3n) is 5.28. The molecule has 1 aromatic rings. The van der Waals surface area contributed by atoms with Gasteiger partial charge in [0.15, 0.2) is 0 Å². The number of halogens is 1. The maximum absolute atomic E-state index is 13.8. The van der Waals surface area contributed by atoms with Crippen LogP contribution < -0.4 is 10.6 Å². The second kappa shape index (κ2) is 8.23. The van der Waals surface area contributed by atoms with Crippen LogP contribution in [0.5, 0.6) is 0 Å². The Morgan fingerprint density at radius 2 is 2.03 bits per heavy atom. The number of rotatable bonds is 6. The van der Waals surface area contributed by atoms with Gasteiger partial charge in [-0.05, 0) is 37.5 Å². The van der Waals surface area contributed by atoms with Gasteiger partial charge in [-0.25, -0.2) is 9.18 Å². The first-order valence-corrected chi connectivity index (χ1v) is 9.89. The Morgan fingerprint density at radius 1 is 1.31 bits per heavy atom. The lowest BCUT2D eigenvalue weighted by Crippen LogP contribution is -2.47. The fourth-order valence-electron chi connectivity index (χ4n) is 3.69. The van der Waals surface area contributed by atoms with Crippen molar-refractivity contribution in [2.45, 2.75) is 39.8 Å². The van der Waals surface area contributed by atoms with Gasteiger partial charge in [0.2, 0.25) is 5.91 Å². The van der Waals surface area contributed by atoms with Crippen molar-refractivity contribution in [1.82, 2.24) is 20.4 Å². The Morgan fingerprint density at radius 3 is 2.66 bits per heavy atom. The second-order valence-electron chi connectivity index (χ2n) is 7.79. The molecular formula is C21H27FN4O3. The van der Waals surface area contributed by atoms with Gasteiger partial charge >= 0.3 is 6.03 Å². The molecule has 2 heterocycles. The molecule has 156 valence electrons. The third kappa shape index (κ3) is 3.97. The standard InChI is InChI=1S/C21H27FN4O3/c1-5-25-16-11-26(13(4)19(27)23-10-12(2)3)20(28)17(16)18(24-21(25)29)14-7-6-8-15(22)9-14/h6-9,12-13,18H,5,10-11H2,1-4H3,(H,23,27)(H,24,29)/t13-,18-/m1/s1. The molecule has 1 aromatic carbocycles. The largest absolute Gasteiger partial charge is 0.354 e. The molecule has 8 heteroatoms. The number of amides is 4. The number of hydrogen-bond donors (Lipinski definition) is 2. The van der Waals surface area contributed by atoms with Gasteiger partial charge in [-0.3, -0.25) is 14.5 Å². The lowest BCUT2D eigenvalue weighted by Gasteiger charge is -2.32. The second-order valence-corrected chi connectivity index (χ2v) is 7.79. The van der Waals surface area contributed by atoms with Gasteiger partial charge in [0.05, 0.1) is 23.9 Å². The van der Waals surface area contributed by atoms with Crippen LogP contribution in [0.25, 0.3) is 0 Å². The summed E-state index contributed by atoms with van der Waals surface area (Å²) in [7, 11) is 0. The quantitative estimate of drug-likeness (QED) is 0.765. The molecule has 2 atom stereocenters. The van der Waals surface area contributed by atoms with Crippen molar-refractivity contribution in [2.75, 3.05) is 19.6 Å². The molecule has 0 saturated carbocycles. The molecule has 29 heavy (non-hydrogen) atoms. The van der Waals surface area contributed by atoms with Crippen molar-refractivity contribution in [2.24, 2.45) is 5.92 Å². The van der Waals surface area contributed by atoms with Gasteiger partial charge in [-0.1, -0.05) is 26.0 Å². The van der Waals surface area contributed by atoms with Crippen LogP contribution in [0.2, 0.25) is 0 Å². The fraction of sp³-hybridized carbons (Fsp3) is 0.476. The Kier molecular flexibility index (Phi) is 5.91. The van der Waals surface area contributed by atoms with Gasteiger partial charge in [-0.15, -0.1) is 0 Å². The van der Waals surface area contributed by atoms with Crippen LogP contribution in [0, 0.1) is 11.7 Å². The van der Waals surface area contributed by atoms with Crippen molar-refractivity contribution < 1.29 is 18.8 Å². The molecule has 0 unspecified atom stereocenters. The normalized spacial score (nSPS) is 20.1. The van der Waals surface area contributed by atoms with Crippen LogP contribution in [-0.2, 0) is 9.59 Å². The van der Waals surface area contributed by atoms with E-state index in [9.17, 15) is 18.8 Å².